The van der Waals surface area contributed by atoms with Crippen LogP contribution in [0.2, 0.25) is 0 Å². The van der Waals surface area contributed by atoms with Crippen LogP contribution < -0.4 is 0 Å². The first-order valence-corrected chi connectivity index (χ1v) is 10.2. The van der Waals surface area contributed by atoms with Gasteiger partial charge in [0.25, 0.3) is 0 Å². The molecule has 0 bridgehead atoms. The Bertz CT molecular complexity index is 954. The van der Waals surface area contributed by atoms with E-state index in [1.54, 1.807) is 24.3 Å². The molecule has 0 saturated heterocycles. The average Bonchev–Trinajstić information content (AvgIpc) is 2.67. The van der Waals surface area contributed by atoms with Crippen LogP contribution in [0.1, 0.15) is 85.6 Å². The van der Waals surface area contributed by atoms with Crippen molar-refractivity contribution in [1.82, 2.24) is 0 Å². The monoisotopic (exact) mass is 422 g/mol. The van der Waals surface area contributed by atoms with Crippen LogP contribution in [0.25, 0.3) is 0 Å². The topological polar surface area (TPSA) is 83.8 Å². The second kappa shape index (κ2) is 10.2. The summed E-state index contributed by atoms with van der Waals surface area (Å²) in [4.78, 5) is 24.7. The molecule has 0 aliphatic carbocycles. The zero-order valence-electron chi connectivity index (χ0n) is 18.9. The van der Waals surface area contributed by atoms with E-state index in [9.17, 15) is 19.8 Å². The smallest absolute Gasteiger partial charge is 0.189 e. The van der Waals surface area contributed by atoms with Gasteiger partial charge in [-0.05, 0) is 89.1 Å². The maximum absolute atomic E-state index is 12.4. The van der Waals surface area contributed by atoms with Gasteiger partial charge in [-0.2, -0.15) is 0 Å². The number of hydrogen-bond acceptors (Lipinski definition) is 5. The van der Waals surface area contributed by atoms with Gasteiger partial charge >= 0.3 is 0 Å². The van der Waals surface area contributed by atoms with E-state index in [4.69, 9.17) is 4.74 Å². The highest BCUT2D eigenvalue weighted by Crippen LogP contribution is 2.31. The fourth-order valence-electron chi connectivity index (χ4n) is 3.15. The van der Waals surface area contributed by atoms with Gasteiger partial charge in [-0.15, -0.1) is 0 Å². The lowest BCUT2D eigenvalue weighted by atomic mass is 10.0. The maximum Gasteiger partial charge on any atom is 0.189 e. The van der Waals surface area contributed by atoms with E-state index in [2.05, 4.69) is 0 Å². The molecule has 5 nitrogen and oxygen atoms in total. The minimum atomic E-state index is -0.375. The number of benzene rings is 2. The molecule has 0 amide bonds. The summed E-state index contributed by atoms with van der Waals surface area (Å²) < 4.78 is 6.12. The first-order valence-electron chi connectivity index (χ1n) is 10.2. The molecule has 0 radical (unpaired) electrons. The van der Waals surface area contributed by atoms with Crippen LogP contribution in [0.3, 0.4) is 0 Å². The Morgan fingerprint density at radius 1 is 0.742 bits per heavy atom. The Labute approximate surface area is 183 Å². The van der Waals surface area contributed by atoms with Crippen LogP contribution in [0.5, 0.6) is 11.5 Å². The number of phenolic OH excluding ortho intramolecular Hbond substituents is 2. The lowest BCUT2D eigenvalue weighted by Crippen LogP contribution is -2.08. The summed E-state index contributed by atoms with van der Waals surface area (Å²) in [6.45, 7) is 11.0. The van der Waals surface area contributed by atoms with Crippen molar-refractivity contribution in [2.75, 3.05) is 0 Å². The molecule has 0 aliphatic rings. The number of rotatable bonds is 8. The number of phenols is 2. The summed E-state index contributed by atoms with van der Waals surface area (Å²) in [5.41, 5.74) is 3.63. The number of carbonyl (C=O) groups is 2. The number of hydrogen-bond donors (Lipinski definition) is 2. The summed E-state index contributed by atoms with van der Waals surface area (Å²) in [6.07, 6.45) is 2.21. The lowest BCUT2D eigenvalue weighted by molar-refractivity contribution is 0.00579. The average molecular weight is 423 g/mol. The van der Waals surface area contributed by atoms with Gasteiger partial charge in [0.2, 0.25) is 0 Å². The second-order valence-electron chi connectivity index (χ2n) is 8.15. The molecule has 164 valence electrons. The summed E-state index contributed by atoms with van der Waals surface area (Å²) >= 11 is 0. The maximum atomic E-state index is 12.4. The second-order valence-corrected chi connectivity index (χ2v) is 8.15. The largest absolute Gasteiger partial charge is 0.507 e. The molecule has 2 rings (SSSR count). The molecule has 2 aromatic rings. The normalized spacial score (nSPS) is 12.6. The minimum absolute atomic E-state index is 0.0764. The molecule has 0 saturated carbocycles. The van der Waals surface area contributed by atoms with Crippen molar-refractivity contribution in [1.29, 1.82) is 0 Å². The zero-order valence-corrected chi connectivity index (χ0v) is 18.9. The molecule has 5 heteroatoms. The van der Waals surface area contributed by atoms with E-state index in [1.807, 2.05) is 41.5 Å². The van der Waals surface area contributed by atoms with E-state index >= 15 is 0 Å². The highest BCUT2D eigenvalue weighted by Gasteiger charge is 2.18. The molecule has 2 unspecified atom stereocenters. The van der Waals surface area contributed by atoms with Crippen molar-refractivity contribution in [3.05, 3.63) is 82.0 Å². The Kier molecular flexibility index (Phi) is 7.95. The van der Waals surface area contributed by atoms with E-state index in [0.29, 0.717) is 0 Å². The van der Waals surface area contributed by atoms with Crippen molar-refractivity contribution in [2.45, 2.75) is 53.8 Å². The molecule has 0 aliphatic heterocycles. The van der Waals surface area contributed by atoms with Crippen LogP contribution in [0.15, 0.2) is 59.7 Å². The van der Waals surface area contributed by atoms with Gasteiger partial charge in [-0.25, -0.2) is 0 Å². The van der Waals surface area contributed by atoms with Gasteiger partial charge in [0, 0.05) is 0 Å². The highest BCUT2D eigenvalue weighted by atomic mass is 16.5. The molecule has 2 atom stereocenters. The fourth-order valence-corrected chi connectivity index (χ4v) is 3.15. The van der Waals surface area contributed by atoms with Gasteiger partial charge < -0.3 is 14.9 Å². The number of carbonyl (C=O) groups excluding carboxylic acids is 2. The molecular formula is C26H30O5. The third kappa shape index (κ3) is 6.40. The van der Waals surface area contributed by atoms with Crippen molar-refractivity contribution in [2.24, 2.45) is 0 Å². The molecule has 2 aromatic carbocycles. The summed E-state index contributed by atoms with van der Waals surface area (Å²) in [6, 6.07) is 9.68. The van der Waals surface area contributed by atoms with Crippen LogP contribution in [-0.4, -0.2) is 21.8 Å². The predicted molar refractivity (Wildman–Crippen MR) is 122 cm³/mol. The van der Waals surface area contributed by atoms with Gasteiger partial charge in [0.15, 0.2) is 11.6 Å². The predicted octanol–water partition coefficient (Wildman–Crippen LogP) is 6.23. The van der Waals surface area contributed by atoms with E-state index < -0.39 is 0 Å². The van der Waals surface area contributed by atoms with E-state index in [0.717, 1.165) is 22.3 Å². The standard InChI is InChI=1S/C26H30O5/c1-15(2)11-25(29)21-13-19(7-9-23(21)27)17(5)31-18(6)20-8-10-24(28)22(14-20)26(30)12-16(3)4/h7-14,17-18,27-28H,1-6H3. The van der Waals surface area contributed by atoms with Gasteiger partial charge in [0.1, 0.15) is 11.5 Å². The quantitative estimate of drug-likeness (QED) is 0.389. The first-order chi connectivity index (χ1) is 14.5. The highest BCUT2D eigenvalue weighted by molar-refractivity contribution is 6.07. The molecular weight excluding hydrogens is 392 g/mol. The van der Waals surface area contributed by atoms with Crippen LogP contribution in [0, 0.1) is 0 Å². The Hall–Kier alpha value is -3.18. The van der Waals surface area contributed by atoms with Gasteiger partial charge in [0.05, 0.1) is 23.3 Å². The molecule has 0 spiro atoms. The zero-order chi connectivity index (χ0) is 23.3. The van der Waals surface area contributed by atoms with Crippen LogP contribution >= 0.6 is 0 Å². The van der Waals surface area contributed by atoms with Crippen molar-refractivity contribution in [3.8, 4) is 11.5 Å². The number of aromatic hydroxyl groups is 2. The Morgan fingerprint density at radius 3 is 1.42 bits per heavy atom. The summed E-state index contributed by atoms with van der Waals surface area (Å²) in [7, 11) is 0. The number of allylic oxidation sites excluding steroid dienone is 4. The Morgan fingerprint density at radius 2 is 1.10 bits per heavy atom. The third-order valence-electron chi connectivity index (χ3n) is 4.76. The molecule has 2 N–H and O–H groups in total. The number of ether oxygens (including phenoxy) is 1. The molecule has 0 fully saturated rings. The lowest BCUT2D eigenvalue weighted by Gasteiger charge is -2.21. The van der Waals surface area contributed by atoms with Crippen molar-refractivity contribution < 1.29 is 24.5 Å². The van der Waals surface area contributed by atoms with Crippen LogP contribution in [0.4, 0.5) is 0 Å². The number of ketones is 2. The van der Waals surface area contributed by atoms with E-state index in [-0.39, 0.29) is 46.4 Å². The molecule has 0 aromatic heterocycles. The van der Waals surface area contributed by atoms with Crippen LogP contribution in [-0.2, 0) is 4.74 Å². The molecule has 0 heterocycles. The van der Waals surface area contributed by atoms with Crippen molar-refractivity contribution in [3.63, 3.8) is 0 Å². The fraction of sp³-hybridized carbons (Fsp3) is 0.308. The van der Waals surface area contributed by atoms with E-state index in [1.165, 1.54) is 24.3 Å². The third-order valence-corrected chi connectivity index (χ3v) is 4.76. The van der Waals surface area contributed by atoms with Gasteiger partial charge in [-0.1, -0.05) is 23.3 Å². The minimum Gasteiger partial charge on any atom is -0.507 e. The summed E-state index contributed by atoms with van der Waals surface area (Å²) in [5.74, 6) is -0.680. The first kappa shape index (κ1) is 24.1. The SMILES string of the molecule is CC(C)=CC(=O)c1cc(C(C)OC(C)c2ccc(O)c(C(=O)C=C(C)C)c2)ccc1O. The van der Waals surface area contributed by atoms with Crippen molar-refractivity contribution >= 4 is 11.6 Å². The van der Waals surface area contributed by atoms with Gasteiger partial charge in [-0.3, -0.25) is 9.59 Å². The Balaban J connectivity index is 2.26. The summed E-state index contributed by atoms with van der Waals surface area (Å²) in [5, 5.41) is 20.2. The molecule has 31 heavy (non-hydrogen) atoms.